The molecule has 0 aliphatic carbocycles. The predicted molar refractivity (Wildman–Crippen MR) is 109 cm³/mol. The van der Waals surface area contributed by atoms with E-state index < -0.39 is 0 Å². The number of piperidine rings is 1. The Morgan fingerprint density at radius 1 is 1.28 bits per heavy atom. The van der Waals surface area contributed by atoms with E-state index in [1.54, 1.807) is 19.2 Å². The number of aryl methyl sites for hydroxylation is 1. The van der Waals surface area contributed by atoms with Gasteiger partial charge in [-0.1, -0.05) is 17.7 Å². The highest BCUT2D eigenvalue weighted by molar-refractivity contribution is 6.32. The number of nitrogens with zero attached hydrogens (tertiary/aromatic N) is 3. The summed E-state index contributed by atoms with van der Waals surface area (Å²) in [5.74, 6) is 0.939. The number of halogens is 1. The first kappa shape index (κ1) is 19.8. The number of hydrogen-bond acceptors (Lipinski definition) is 4. The van der Waals surface area contributed by atoms with Gasteiger partial charge in [0.05, 0.1) is 24.2 Å². The number of rotatable bonds is 4. The number of likely N-dealkylation sites (tertiary alicyclic amines) is 1. The summed E-state index contributed by atoms with van der Waals surface area (Å²) in [6, 6.07) is 7.37. The van der Waals surface area contributed by atoms with Crippen molar-refractivity contribution >= 4 is 23.4 Å². The van der Waals surface area contributed by atoms with Crippen LogP contribution >= 0.6 is 11.6 Å². The summed E-state index contributed by atoms with van der Waals surface area (Å²) in [7, 11) is 1.57. The summed E-state index contributed by atoms with van der Waals surface area (Å²) in [6.07, 6.45) is 2.93. The molecule has 29 heavy (non-hydrogen) atoms. The van der Waals surface area contributed by atoms with Crippen LogP contribution in [0.2, 0.25) is 5.02 Å². The SMILES string of the molecule is COc1ccc(CC(=O)N2CCC(c3cc4n(n3)CCCNC4=O)CC2)cc1Cl. The van der Waals surface area contributed by atoms with Crippen LogP contribution in [0.4, 0.5) is 0 Å². The fraction of sp³-hybridized carbons (Fsp3) is 0.476. The number of fused-ring (bicyclic) bond motifs is 1. The fourth-order valence-electron chi connectivity index (χ4n) is 4.04. The number of methoxy groups -OCH3 is 1. The van der Waals surface area contributed by atoms with Crippen molar-refractivity contribution in [3.8, 4) is 5.75 Å². The Kier molecular flexibility index (Phi) is 5.76. The number of nitrogens with one attached hydrogen (secondary N) is 1. The van der Waals surface area contributed by atoms with Crippen LogP contribution in [0.15, 0.2) is 24.3 Å². The molecule has 0 saturated carbocycles. The average Bonchev–Trinajstić information content (AvgIpc) is 3.08. The van der Waals surface area contributed by atoms with E-state index in [2.05, 4.69) is 10.4 Å². The molecule has 0 spiro atoms. The summed E-state index contributed by atoms with van der Waals surface area (Å²) in [5.41, 5.74) is 2.49. The van der Waals surface area contributed by atoms with E-state index in [0.717, 1.165) is 37.1 Å². The van der Waals surface area contributed by atoms with E-state index in [4.69, 9.17) is 16.3 Å². The molecule has 2 amide bonds. The number of amides is 2. The fourth-order valence-corrected chi connectivity index (χ4v) is 4.32. The smallest absolute Gasteiger partial charge is 0.269 e. The Hall–Kier alpha value is -2.54. The van der Waals surface area contributed by atoms with Crippen molar-refractivity contribution < 1.29 is 14.3 Å². The Balaban J connectivity index is 1.36. The van der Waals surface area contributed by atoms with Crippen molar-refractivity contribution in [2.45, 2.75) is 38.1 Å². The highest BCUT2D eigenvalue weighted by atomic mass is 35.5. The molecule has 154 valence electrons. The predicted octanol–water partition coefficient (Wildman–Crippen LogP) is 2.63. The molecule has 1 aromatic heterocycles. The van der Waals surface area contributed by atoms with Crippen molar-refractivity contribution in [2.24, 2.45) is 0 Å². The van der Waals surface area contributed by atoms with Crippen molar-refractivity contribution in [2.75, 3.05) is 26.7 Å². The van der Waals surface area contributed by atoms with Crippen molar-refractivity contribution in [3.05, 3.63) is 46.2 Å². The quantitative estimate of drug-likeness (QED) is 0.831. The minimum absolute atomic E-state index is 0.0491. The Morgan fingerprint density at radius 2 is 2.07 bits per heavy atom. The Morgan fingerprint density at radius 3 is 2.79 bits per heavy atom. The zero-order chi connectivity index (χ0) is 20.4. The van der Waals surface area contributed by atoms with Crippen LogP contribution in [0.5, 0.6) is 5.75 Å². The molecule has 1 aromatic carbocycles. The molecular formula is C21H25ClN4O3. The van der Waals surface area contributed by atoms with E-state index in [0.29, 0.717) is 42.5 Å². The van der Waals surface area contributed by atoms with E-state index in [9.17, 15) is 9.59 Å². The molecule has 2 aliphatic heterocycles. The molecule has 1 fully saturated rings. The molecule has 0 unspecified atom stereocenters. The largest absolute Gasteiger partial charge is 0.495 e. The lowest BCUT2D eigenvalue weighted by Crippen LogP contribution is -2.38. The second-order valence-electron chi connectivity index (χ2n) is 7.59. The maximum absolute atomic E-state index is 12.7. The topological polar surface area (TPSA) is 76.5 Å². The summed E-state index contributed by atoms with van der Waals surface area (Å²) < 4.78 is 6.98. The lowest BCUT2D eigenvalue weighted by atomic mass is 9.93. The molecule has 1 saturated heterocycles. The number of benzene rings is 1. The Bertz CT molecular complexity index is 919. The first-order valence-electron chi connectivity index (χ1n) is 10.0. The van der Waals surface area contributed by atoms with Gasteiger partial charge < -0.3 is 15.0 Å². The van der Waals surface area contributed by atoms with Crippen molar-refractivity contribution in [3.63, 3.8) is 0 Å². The third kappa shape index (κ3) is 4.24. The standard InChI is InChI=1S/C21H25ClN4O3/c1-29-19-4-3-14(11-16(19)22)12-20(27)25-9-5-15(6-10-25)17-13-18-21(28)23-7-2-8-26(18)24-17/h3-4,11,13,15H,2,5-10,12H2,1H3,(H,23,28). The monoisotopic (exact) mass is 416 g/mol. The lowest BCUT2D eigenvalue weighted by Gasteiger charge is -2.31. The van der Waals surface area contributed by atoms with Crippen LogP contribution in [0, 0.1) is 0 Å². The van der Waals surface area contributed by atoms with Gasteiger partial charge in [-0.05, 0) is 43.0 Å². The van der Waals surface area contributed by atoms with E-state index >= 15 is 0 Å². The van der Waals surface area contributed by atoms with E-state index in [1.807, 2.05) is 21.7 Å². The lowest BCUT2D eigenvalue weighted by molar-refractivity contribution is -0.131. The van der Waals surface area contributed by atoms with Crippen LogP contribution in [0.3, 0.4) is 0 Å². The van der Waals surface area contributed by atoms with Gasteiger partial charge in [0.1, 0.15) is 11.4 Å². The first-order valence-corrected chi connectivity index (χ1v) is 10.4. The maximum Gasteiger partial charge on any atom is 0.269 e. The van der Waals surface area contributed by atoms with Gasteiger partial charge in [0.25, 0.3) is 5.91 Å². The van der Waals surface area contributed by atoms with Crippen LogP contribution in [0.1, 0.15) is 46.9 Å². The normalized spacial score (nSPS) is 17.4. The molecule has 7 nitrogen and oxygen atoms in total. The van der Waals surface area contributed by atoms with Crippen LogP contribution in [-0.4, -0.2) is 53.2 Å². The summed E-state index contributed by atoms with van der Waals surface area (Å²) in [4.78, 5) is 26.7. The number of aromatic nitrogens is 2. The third-order valence-corrected chi connectivity index (χ3v) is 6.00. The third-order valence-electron chi connectivity index (χ3n) is 5.70. The average molecular weight is 417 g/mol. The molecule has 0 radical (unpaired) electrons. The van der Waals surface area contributed by atoms with Gasteiger partial charge in [0, 0.05) is 32.1 Å². The van der Waals surface area contributed by atoms with Crippen molar-refractivity contribution in [1.29, 1.82) is 0 Å². The van der Waals surface area contributed by atoms with Gasteiger partial charge in [-0.15, -0.1) is 0 Å². The van der Waals surface area contributed by atoms with Crippen LogP contribution in [-0.2, 0) is 17.8 Å². The number of carbonyl (C=O) groups is 2. The highest BCUT2D eigenvalue weighted by Gasteiger charge is 2.27. The molecule has 2 aliphatic rings. The van der Waals surface area contributed by atoms with Gasteiger partial charge in [-0.3, -0.25) is 14.3 Å². The number of hydrogen-bond donors (Lipinski definition) is 1. The summed E-state index contributed by atoms with van der Waals surface area (Å²) >= 11 is 6.16. The zero-order valence-electron chi connectivity index (χ0n) is 16.5. The molecule has 8 heteroatoms. The molecule has 2 aromatic rings. The van der Waals surface area contributed by atoms with E-state index in [-0.39, 0.29) is 17.7 Å². The molecule has 1 N–H and O–H groups in total. The first-order chi connectivity index (χ1) is 14.0. The van der Waals surface area contributed by atoms with Gasteiger partial charge in [-0.25, -0.2) is 0 Å². The second kappa shape index (κ2) is 8.45. The van der Waals surface area contributed by atoms with Gasteiger partial charge in [0.2, 0.25) is 5.91 Å². The molecular weight excluding hydrogens is 392 g/mol. The maximum atomic E-state index is 12.7. The summed E-state index contributed by atoms with van der Waals surface area (Å²) in [5, 5.41) is 8.09. The van der Waals surface area contributed by atoms with Gasteiger partial charge >= 0.3 is 0 Å². The van der Waals surface area contributed by atoms with Crippen LogP contribution in [0.25, 0.3) is 0 Å². The molecule has 3 heterocycles. The van der Waals surface area contributed by atoms with E-state index in [1.165, 1.54) is 0 Å². The second-order valence-corrected chi connectivity index (χ2v) is 7.99. The molecule has 0 atom stereocenters. The van der Waals surface area contributed by atoms with Crippen LogP contribution < -0.4 is 10.1 Å². The minimum Gasteiger partial charge on any atom is -0.495 e. The van der Waals surface area contributed by atoms with Gasteiger partial charge in [0.15, 0.2) is 0 Å². The van der Waals surface area contributed by atoms with Gasteiger partial charge in [-0.2, -0.15) is 5.10 Å². The van der Waals surface area contributed by atoms with Crippen molar-refractivity contribution in [1.82, 2.24) is 20.0 Å². The number of carbonyl (C=O) groups excluding carboxylic acids is 2. The molecule has 4 rings (SSSR count). The minimum atomic E-state index is -0.0491. The number of ether oxygens (including phenoxy) is 1. The zero-order valence-corrected chi connectivity index (χ0v) is 17.2. The summed E-state index contributed by atoms with van der Waals surface area (Å²) in [6.45, 7) is 2.84. The highest BCUT2D eigenvalue weighted by Crippen LogP contribution is 2.29. The molecule has 0 bridgehead atoms. The Labute approximate surface area is 175 Å².